The molecule has 1 fully saturated rings. The number of nitrogens with one attached hydrogen (secondary N) is 1. The third kappa shape index (κ3) is 2.49. The first kappa shape index (κ1) is 13.3. The molecule has 0 spiro atoms. The molecule has 16 heavy (non-hydrogen) atoms. The minimum Gasteiger partial charge on any atom is -0.476 e. The number of rotatable bonds is 4. The van der Waals surface area contributed by atoms with Gasteiger partial charge in [-0.2, -0.15) is 0 Å². The molecule has 0 aromatic carbocycles. The maximum Gasteiger partial charge on any atom is 0.218 e. The lowest BCUT2D eigenvalue weighted by Crippen LogP contribution is -2.23. The van der Waals surface area contributed by atoms with Gasteiger partial charge in [0.25, 0.3) is 0 Å². The maximum atomic E-state index is 11.7. The molecule has 0 bridgehead atoms. The van der Waals surface area contributed by atoms with Gasteiger partial charge >= 0.3 is 0 Å². The topological polar surface area (TPSA) is 89.5 Å². The molecule has 1 heterocycles. The Bertz CT molecular complexity index is 445. The average molecular weight is 269 g/mol. The Morgan fingerprint density at radius 2 is 1.69 bits per heavy atom. The Balaban J connectivity index is 3.43. The molecule has 8 heteroatoms. The van der Waals surface area contributed by atoms with Gasteiger partial charge in [-0.05, 0) is 0 Å². The van der Waals surface area contributed by atoms with E-state index in [9.17, 15) is 16.8 Å². The van der Waals surface area contributed by atoms with Crippen LogP contribution in [0.4, 0.5) is 0 Å². The van der Waals surface area contributed by atoms with Crippen molar-refractivity contribution in [3.8, 4) is 0 Å². The summed E-state index contributed by atoms with van der Waals surface area (Å²) in [6.45, 7) is 3.49. The number of hydrogen-bond acceptors (Lipinski definition) is 6. The Labute approximate surface area is 95.5 Å². The Morgan fingerprint density at radius 3 is 2.00 bits per heavy atom. The van der Waals surface area contributed by atoms with Crippen molar-refractivity contribution in [1.29, 1.82) is 0 Å². The van der Waals surface area contributed by atoms with Gasteiger partial charge in [-0.3, -0.25) is 0 Å². The summed E-state index contributed by atoms with van der Waals surface area (Å²) in [6, 6.07) is 0. The van der Waals surface area contributed by atoms with Crippen LogP contribution in [0.25, 0.3) is 0 Å². The van der Waals surface area contributed by atoms with Crippen LogP contribution in [0.1, 0.15) is 13.8 Å². The van der Waals surface area contributed by atoms with Crippen molar-refractivity contribution in [2.24, 2.45) is 0 Å². The second-order valence-corrected chi connectivity index (χ2v) is 7.89. The second-order valence-electron chi connectivity index (χ2n) is 3.20. The van der Waals surface area contributed by atoms with Crippen molar-refractivity contribution in [1.82, 2.24) is 5.32 Å². The largest absolute Gasteiger partial charge is 0.476 e. The van der Waals surface area contributed by atoms with E-state index in [-0.39, 0.29) is 24.0 Å². The summed E-state index contributed by atoms with van der Waals surface area (Å²) >= 11 is 0. The van der Waals surface area contributed by atoms with Crippen molar-refractivity contribution in [2.45, 2.75) is 13.8 Å². The third-order valence-corrected chi connectivity index (χ3v) is 6.69. The fraction of sp³-hybridized carbons (Fsp3) is 0.750. The van der Waals surface area contributed by atoms with Gasteiger partial charge in [0.05, 0.1) is 18.1 Å². The van der Waals surface area contributed by atoms with Crippen LogP contribution in [-0.2, 0) is 24.4 Å². The molecular formula is C8H15NO5S2. The smallest absolute Gasteiger partial charge is 0.218 e. The molecule has 94 valence electrons. The molecule has 1 saturated heterocycles. The summed E-state index contributed by atoms with van der Waals surface area (Å²) < 4.78 is 51.3. The number of sulfone groups is 2. The highest BCUT2D eigenvalue weighted by Gasteiger charge is 2.34. The van der Waals surface area contributed by atoms with Gasteiger partial charge in [0.1, 0.15) is 6.61 Å². The summed E-state index contributed by atoms with van der Waals surface area (Å²) in [4.78, 5) is 0. The highest BCUT2D eigenvalue weighted by atomic mass is 32.3. The van der Waals surface area contributed by atoms with Crippen molar-refractivity contribution in [2.75, 3.05) is 24.7 Å². The Kier molecular flexibility index (Phi) is 3.84. The highest BCUT2D eigenvalue weighted by molar-refractivity contribution is 8.14. The Morgan fingerprint density at radius 1 is 1.19 bits per heavy atom. The fourth-order valence-corrected chi connectivity index (χ4v) is 4.84. The van der Waals surface area contributed by atoms with E-state index >= 15 is 0 Å². The molecule has 0 aliphatic carbocycles. The fourth-order valence-electron chi connectivity index (χ4n) is 1.24. The van der Waals surface area contributed by atoms with Crippen molar-refractivity contribution in [3.63, 3.8) is 0 Å². The van der Waals surface area contributed by atoms with Crippen molar-refractivity contribution >= 4 is 19.7 Å². The third-order valence-electron chi connectivity index (χ3n) is 2.14. The molecule has 1 N–H and O–H groups in total. The molecule has 0 amide bonds. The molecule has 1 rings (SSSR count). The van der Waals surface area contributed by atoms with E-state index < -0.39 is 23.9 Å². The zero-order chi connectivity index (χ0) is 12.4. The zero-order valence-corrected chi connectivity index (χ0v) is 10.8. The van der Waals surface area contributed by atoms with E-state index in [1.807, 2.05) is 0 Å². The molecule has 6 nitrogen and oxygen atoms in total. The molecule has 0 atom stereocenters. The second kappa shape index (κ2) is 4.62. The normalized spacial score (nSPS) is 16.8. The van der Waals surface area contributed by atoms with E-state index in [2.05, 4.69) is 5.32 Å². The lowest BCUT2D eigenvalue weighted by Gasteiger charge is -2.10. The molecule has 0 radical (unpaired) electrons. The van der Waals surface area contributed by atoms with Crippen LogP contribution in [0.5, 0.6) is 0 Å². The van der Waals surface area contributed by atoms with Crippen LogP contribution in [0.3, 0.4) is 0 Å². The number of ether oxygens (including phenoxy) is 1. The molecular weight excluding hydrogens is 254 g/mol. The minimum atomic E-state index is -3.81. The van der Waals surface area contributed by atoms with Crippen LogP contribution in [0.2, 0.25) is 0 Å². The predicted octanol–water partition coefficient (Wildman–Crippen LogP) is -0.398. The standard InChI is InChI=1S/C8H15NO5S2/c1-3-15(10,11)8(16(12,13)4-2)7-9-5-6-14-7/h9H,3-6H2,1-2H3. The molecule has 0 aromatic heterocycles. The lowest BCUT2D eigenvalue weighted by molar-refractivity contribution is 0.265. The first-order valence-corrected chi connectivity index (χ1v) is 8.22. The predicted molar refractivity (Wildman–Crippen MR) is 59.9 cm³/mol. The van der Waals surface area contributed by atoms with Crippen LogP contribution in [-0.4, -0.2) is 41.5 Å². The monoisotopic (exact) mass is 269 g/mol. The number of hydrogen-bond donors (Lipinski definition) is 1. The molecule has 1 aliphatic rings. The minimum absolute atomic E-state index is 0.135. The van der Waals surface area contributed by atoms with Crippen LogP contribution in [0, 0.1) is 0 Å². The van der Waals surface area contributed by atoms with Crippen LogP contribution in [0.15, 0.2) is 10.1 Å². The zero-order valence-electron chi connectivity index (χ0n) is 9.19. The van der Waals surface area contributed by atoms with E-state index in [0.29, 0.717) is 6.54 Å². The van der Waals surface area contributed by atoms with Crippen LogP contribution >= 0.6 is 0 Å². The van der Waals surface area contributed by atoms with E-state index in [1.165, 1.54) is 13.8 Å². The van der Waals surface area contributed by atoms with E-state index in [1.54, 1.807) is 0 Å². The van der Waals surface area contributed by atoms with Gasteiger partial charge in [-0.1, -0.05) is 13.8 Å². The van der Waals surface area contributed by atoms with Gasteiger partial charge in [-0.15, -0.1) is 0 Å². The summed E-state index contributed by atoms with van der Waals surface area (Å²) in [5, 5.41) is 2.64. The summed E-state index contributed by atoms with van der Waals surface area (Å²) in [7, 11) is -7.62. The summed E-state index contributed by atoms with van der Waals surface area (Å²) in [5.74, 6) is -0.671. The van der Waals surface area contributed by atoms with Gasteiger partial charge in [-0.25, -0.2) is 16.8 Å². The molecule has 0 saturated carbocycles. The first-order chi connectivity index (χ1) is 7.35. The molecule has 1 aliphatic heterocycles. The molecule has 0 unspecified atom stereocenters. The van der Waals surface area contributed by atoms with Gasteiger partial charge in [0, 0.05) is 0 Å². The lowest BCUT2D eigenvalue weighted by atomic mass is 10.7. The molecule has 0 aromatic rings. The first-order valence-electron chi connectivity index (χ1n) is 4.91. The SMILES string of the molecule is CCS(=O)(=O)C(=C1NCCO1)S(=O)(=O)CC. The van der Waals surface area contributed by atoms with Gasteiger partial charge < -0.3 is 10.1 Å². The average Bonchev–Trinajstić information content (AvgIpc) is 2.70. The van der Waals surface area contributed by atoms with Gasteiger partial charge in [0.15, 0.2) is 19.7 Å². The Hall–Kier alpha value is -0.760. The van der Waals surface area contributed by atoms with E-state index in [0.717, 1.165) is 0 Å². The van der Waals surface area contributed by atoms with E-state index in [4.69, 9.17) is 4.74 Å². The van der Waals surface area contributed by atoms with Crippen molar-refractivity contribution < 1.29 is 21.6 Å². The van der Waals surface area contributed by atoms with Crippen molar-refractivity contribution in [3.05, 3.63) is 10.1 Å². The maximum absolute atomic E-state index is 11.7. The quantitative estimate of drug-likeness (QED) is 0.747. The highest BCUT2D eigenvalue weighted by Crippen LogP contribution is 2.22. The summed E-state index contributed by atoms with van der Waals surface area (Å²) in [6.07, 6.45) is 0. The van der Waals surface area contributed by atoms with Crippen LogP contribution < -0.4 is 5.32 Å². The summed E-state index contributed by atoms with van der Waals surface area (Å²) in [5.41, 5.74) is 0. The van der Waals surface area contributed by atoms with Gasteiger partial charge in [0.2, 0.25) is 10.1 Å².